The second kappa shape index (κ2) is 17.7. The molecule has 1 amide bonds. The summed E-state index contributed by atoms with van der Waals surface area (Å²) < 4.78 is 6.98. The summed E-state index contributed by atoms with van der Waals surface area (Å²) in [6.45, 7) is 8.44. The first kappa shape index (κ1) is 47.0. The first-order valence-electron chi connectivity index (χ1n) is 20.8. The summed E-state index contributed by atoms with van der Waals surface area (Å²) in [7, 11) is 2.31. The van der Waals surface area contributed by atoms with Crippen LogP contribution < -0.4 is 27.0 Å². The molecule has 328 valence electrons. The second-order valence-electron chi connectivity index (χ2n) is 18.5. The van der Waals surface area contributed by atoms with Gasteiger partial charge in [0, 0.05) is 43.8 Å². The maximum absolute atomic E-state index is 12.8. The van der Waals surface area contributed by atoms with Crippen LogP contribution in [-0.4, -0.2) is 122 Å². The van der Waals surface area contributed by atoms with Gasteiger partial charge >= 0.3 is 5.97 Å². The topological polar surface area (TPSA) is 220 Å². The lowest BCUT2D eigenvalue weighted by Gasteiger charge is -2.64. The number of nitrogens with zero attached hydrogens (tertiary/aromatic N) is 2. The summed E-state index contributed by atoms with van der Waals surface area (Å²) in [5.41, 5.74) is 2.65. The molecule has 4 fully saturated rings. The number of aliphatic carboxylic acids is 1. The minimum Gasteiger partial charge on any atom is -1.00 e. The van der Waals surface area contributed by atoms with Crippen LogP contribution in [0.25, 0.3) is 0 Å². The number of piperidine rings is 2. The summed E-state index contributed by atoms with van der Waals surface area (Å²) in [4.78, 5) is 38.8. The zero-order valence-electron chi connectivity index (χ0n) is 34.8. The Morgan fingerprint density at radius 3 is 2.42 bits per heavy atom. The number of hydrogen-bond donors (Lipinski definition) is 5. The van der Waals surface area contributed by atoms with Crippen LogP contribution in [0.5, 0.6) is 17.2 Å². The molecule has 14 heteroatoms. The Morgan fingerprint density at radius 2 is 1.75 bits per heavy atom. The normalized spacial score (nSPS) is 31.3. The average Bonchev–Trinajstić information content (AvgIpc) is 3.92. The number of carbonyl (C=O) groups excluding carboxylic acids is 2. The molecule has 3 aromatic carbocycles. The fourth-order valence-electron chi connectivity index (χ4n) is 11.5. The van der Waals surface area contributed by atoms with Crippen molar-refractivity contribution >= 4 is 17.7 Å². The van der Waals surface area contributed by atoms with Crippen molar-refractivity contribution < 1.29 is 72.0 Å². The van der Waals surface area contributed by atoms with Crippen molar-refractivity contribution in [2.24, 2.45) is 17.8 Å². The molecule has 2 bridgehead atoms. The molecule has 3 aromatic rings. The number of carbonyl (C=O) groups is 3. The summed E-state index contributed by atoms with van der Waals surface area (Å²) in [6, 6.07) is 21.1. The van der Waals surface area contributed by atoms with Gasteiger partial charge in [-0.05, 0) is 84.9 Å². The Bertz CT molecular complexity index is 2050. The number of likely N-dealkylation sites (tertiary alicyclic amines) is 2. The highest BCUT2D eigenvalue weighted by Gasteiger charge is 2.76. The van der Waals surface area contributed by atoms with Gasteiger partial charge in [0.25, 0.3) is 0 Å². The number of quaternary nitrogens is 1. The standard InChI is InChI=1S/C25H32N2O4.C21H25NO4.BrH.2H2O/c1-18-16-27(12-11-25(18,2)21-9-6-10-22(28)14-21)17-20(24(31)26-15-23(29)30)13-19-7-4-3-5-8-19;1-22(11-12-2-3-12)9-8-20-17-13-4-5-14(23)18(17)26-19(20)15(24)6-7-21(20,25)16(22)10-13;;;/h3-10,14,18,20,28H,11-13,15-17H2,1-2H3,(H,26,31)(H,29,30);4-5,12,16,19,25H,2-3,6-11H2,1H3;1H;2*1H2/t18-,20-,25+;16-,19+,20+,21?,22?;;;/m01.../s1. The maximum atomic E-state index is 12.8. The van der Waals surface area contributed by atoms with Gasteiger partial charge in [0.2, 0.25) is 5.91 Å². The first-order valence-corrected chi connectivity index (χ1v) is 20.8. The van der Waals surface area contributed by atoms with Gasteiger partial charge in [-0.15, -0.1) is 0 Å². The van der Waals surface area contributed by atoms with Crippen LogP contribution in [0.4, 0.5) is 0 Å². The zero-order valence-corrected chi connectivity index (χ0v) is 36.4. The number of nitrogens with one attached hydrogen (secondary N) is 1. The fourth-order valence-corrected chi connectivity index (χ4v) is 11.5. The molecule has 9 N–H and O–H groups in total. The number of aliphatic hydroxyl groups is 1. The van der Waals surface area contributed by atoms with Gasteiger partial charge in [0.05, 0.1) is 31.5 Å². The number of benzene rings is 3. The quantitative estimate of drug-likeness (QED) is 0.174. The molecule has 6 aliphatic rings. The Hall–Kier alpha value is -4.05. The molecule has 0 radical (unpaired) electrons. The number of ketones is 1. The molecule has 8 atom stereocenters. The van der Waals surface area contributed by atoms with E-state index in [1.807, 2.05) is 48.5 Å². The van der Waals surface area contributed by atoms with Gasteiger partial charge in [-0.1, -0.05) is 62.4 Å². The average molecular weight is 897 g/mol. The van der Waals surface area contributed by atoms with Crippen LogP contribution in [0.2, 0.25) is 0 Å². The summed E-state index contributed by atoms with van der Waals surface area (Å²) in [5.74, 6) is 0.457. The van der Waals surface area contributed by atoms with E-state index < -0.39 is 23.1 Å². The molecule has 60 heavy (non-hydrogen) atoms. The Labute approximate surface area is 362 Å². The predicted octanol–water partition coefficient (Wildman–Crippen LogP) is 0.0760. The molecule has 0 aromatic heterocycles. The number of phenolic OH excluding ortho intramolecular Hbond substituents is 2. The van der Waals surface area contributed by atoms with E-state index in [2.05, 4.69) is 37.2 Å². The highest BCUT2D eigenvalue weighted by atomic mass is 79.9. The highest BCUT2D eigenvalue weighted by Crippen LogP contribution is 2.66. The van der Waals surface area contributed by atoms with E-state index in [9.17, 15) is 29.7 Å². The van der Waals surface area contributed by atoms with Crippen molar-refractivity contribution in [3.8, 4) is 17.2 Å². The van der Waals surface area contributed by atoms with Gasteiger partial charge in [0.1, 0.15) is 23.9 Å². The third-order valence-corrected chi connectivity index (χ3v) is 14.9. The number of phenols is 2. The zero-order chi connectivity index (χ0) is 40.3. The van der Waals surface area contributed by atoms with E-state index in [0.717, 1.165) is 78.1 Å². The Balaban J connectivity index is 0.000000219. The van der Waals surface area contributed by atoms with Crippen molar-refractivity contribution in [2.45, 2.75) is 93.8 Å². The van der Waals surface area contributed by atoms with E-state index in [-0.39, 0.29) is 75.0 Å². The molecular formula is C46H62BrN3O10. The lowest BCUT2D eigenvalue weighted by molar-refractivity contribution is -0.950. The van der Waals surface area contributed by atoms with Crippen LogP contribution in [0.3, 0.4) is 0 Å². The van der Waals surface area contributed by atoms with Crippen LogP contribution in [0.15, 0.2) is 66.7 Å². The fraction of sp³-hybridized carbons (Fsp3) is 0.543. The van der Waals surface area contributed by atoms with Crippen LogP contribution in [0.1, 0.15) is 74.6 Å². The largest absolute Gasteiger partial charge is 1.00 e. The molecule has 2 saturated carbocycles. The summed E-state index contributed by atoms with van der Waals surface area (Å²) >= 11 is 0. The molecule has 3 aliphatic heterocycles. The third kappa shape index (κ3) is 8.18. The predicted molar refractivity (Wildman–Crippen MR) is 221 cm³/mol. The third-order valence-electron chi connectivity index (χ3n) is 14.9. The SMILES string of the molecule is C[C@H]1CN(C[C@H](Cc2ccccc2)C(=O)NCC(=O)O)CC[C@@]1(C)c1cccc(O)c1.C[N+]1(CC2CC2)CC[C@]23c4c5ccc(O)c4O[C@H]2C(=O)CCC3(O)[C@H]1C5.O.O.[Br-]. The van der Waals surface area contributed by atoms with Gasteiger partial charge in [-0.2, -0.15) is 0 Å². The number of carboxylic acid groups (broad SMARTS) is 1. The van der Waals surface area contributed by atoms with Gasteiger partial charge in [-0.3, -0.25) is 14.4 Å². The molecule has 2 saturated heterocycles. The minimum atomic E-state index is -1.04. The van der Waals surface area contributed by atoms with Gasteiger partial charge in [-0.25, -0.2) is 0 Å². The minimum absolute atomic E-state index is 0. The molecular weight excluding hydrogens is 834 g/mol. The van der Waals surface area contributed by atoms with E-state index in [1.165, 1.54) is 12.8 Å². The van der Waals surface area contributed by atoms with Crippen molar-refractivity contribution in [3.63, 3.8) is 0 Å². The van der Waals surface area contributed by atoms with Crippen molar-refractivity contribution in [2.75, 3.05) is 46.3 Å². The van der Waals surface area contributed by atoms with Crippen molar-refractivity contribution in [3.05, 3.63) is 89.0 Å². The second-order valence-corrected chi connectivity index (χ2v) is 18.5. The number of likely N-dealkylation sites (N-methyl/N-ethyl adjacent to an activating group) is 1. The number of amides is 1. The smallest absolute Gasteiger partial charge is 0.322 e. The first-order chi connectivity index (χ1) is 27.2. The molecule has 3 aliphatic carbocycles. The molecule has 3 heterocycles. The van der Waals surface area contributed by atoms with Crippen LogP contribution in [0, 0.1) is 17.8 Å². The van der Waals surface area contributed by atoms with E-state index in [4.69, 9.17) is 9.84 Å². The summed E-state index contributed by atoms with van der Waals surface area (Å²) in [5, 5.41) is 43.9. The highest BCUT2D eigenvalue weighted by molar-refractivity contribution is 5.90. The maximum Gasteiger partial charge on any atom is 0.322 e. The molecule has 1 spiro atoms. The van der Waals surface area contributed by atoms with Gasteiger partial charge in [0.15, 0.2) is 23.4 Å². The number of aromatic hydroxyl groups is 2. The number of Topliss-reactive ketones (excluding diaryl/α,β-unsaturated/α-hetero) is 1. The van der Waals surface area contributed by atoms with Crippen molar-refractivity contribution in [1.29, 1.82) is 0 Å². The van der Waals surface area contributed by atoms with E-state index in [1.54, 1.807) is 12.1 Å². The lowest BCUT2D eigenvalue weighted by atomic mass is 9.48. The molecule has 13 nitrogen and oxygen atoms in total. The molecule has 9 rings (SSSR count). The van der Waals surface area contributed by atoms with E-state index >= 15 is 0 Å². The number of carboxylic acids is 1. The Morgan fingerprint density at radius 1 is 1.02 bits per heavy atom. The number of rotatable bonds is 10. The number of ether oxygens (including phenoxy) is 1. The van der Waals surface area contributed by atoms with E-state index in [0.29, 0.717) is 37.5 Å². The monoisotopic (exact) mass is 895 g/mol. The summed E-state index contributed by atoms with van der Waals surface area (Å²) in [6.07, 6.45) is 5.91. The number of hydrogen-bond acceptors (Lipinski definition) is 8. The molecule has 2 unspecified atom stereocenters. The van der Waals surface area contributed by atoms with Crippen molar-refractivity contribution in [1.82, 2.24) is 10.2 Å². The lowest BCUT2D eigenvalue weighted by Crippen LogP contribution is -3.00. The number of halogens is 1. The Kier molecular flexibility index (Phi) is 13.9. The van der Waals surface area contributed by atoms with Gasteiger partial charge < -0.3 is 67.8 Å². The van der Waals surface area contributed by atoms with Crippen LogP contribution >= 0.6 is 0 Å². The van der Waals surface area contributed by atoms with Crippen LogP contribution in [-0.2, 0) is 38.1 Å².